The molecule has 0 heterocycles. The fourth-order valence-corrected chi connectivity index (χ4v) is 1.91. The Balaban J connectivity index is 2.97. The van der Waals surface area contributed by atoms with E-state index in [-0.39, 0.29) is 0 Å². The van der Waals surface area contributed by atoms with E-state index in [0.717, 1.165) is 18.2 Å². The second-order valence-corrected chi connectivity index (χ2v) is 4.16. The van der Waals surface area contributed by atoms with Gasteiger partial charge in [-0.2, -0.15) is 11.8 Å². The first-order valence-corrected chi connectivity index (χ1v) is 5.17. The third-order valence-corrected chi connectivity index (χ3v) is 2.80. The second kappa shape index (κ2) is 7.42. The van der Waals surface area contributed by atoms with Crippen molar-refractivity contribution >= 4 is 11.8 Å². The molecule has 0 aromatic carbocycles. The number of hydrogen-bond donors (Lipinski definition) is 1. The lowest BCUT2D eigenvalue weighted by Gasteiger charge is -2.07. The molecule has 62 valence electrons. The van der Waals surface area contributed by atoms with E-state index in [1.54, 1.807) is 0 Å². The molecule has 0 aliphatic rings. The van der Waals surface area contributed by atoms with Crippen molar-refractivity contribution in [2.45, 2.75) is 38.4 Å². The molecule has 10 heavy (non-hydrogen) atoms. The number of nitrogens with two attached hydrogens (primary N) is 1. The summed E-state index contributed by atoms with van der Waals surface area (Å²) in [6.45, 7) is 5.32. The molecule has 2 N–H and O–H groups in total. The minimum absolute atomic E-state index is 0.761. The molecule has 0 bridgehead atoms. The van der Waals surface area contributed by atoms with Gasteiger partial charge >= 0.3 is 0 Å². The van der Waals surface area contributed by atoms with Gasteiger partial charge in [-0.15, -0.1) is 0 Å². The molecule has 2 heteroatoms. The monoisotopic (exact) mass is 161 g/mol. The molecule has 0 rings (SSSR count). The predicted molar refractivity (Wildman–Crippen MR) is 50.5 cm³/mol. The molecule has 0 unspecified atom stereocenters. The van der Waals surface area contributed by atoms with Crippen LogP contribution in [0.3, 0.4) is 0 Å². The molecule has 0 radical (unpaired) electrons. The van der Waals surface area contributed by atoms with Gasteiger partial charge in [0.2, 0.25) is 0 Å². The average molecular weight is 161 g/mol. The van der Waals surface area contributed by atoms with Crippen LogP contribution in [0.15, 0.2) is 0 Å². The Morgan fingerprint density at radius 1 is 1.50 bits per heavy atom. The number of thioether (sulfide) groups is 1. The standard InChI is InChI=1S/C8H19NS/c1-3-4-7-10-8(2)5-6-9/h8H,3-7,9H2,1-2H3/t8-/m1/s1. The summed E-state index contributed by atoms with van der Waals surface area (Å²) < 4.78 is 0. The van der Waals surface area contributed by atoms with Crippen LogP contribution in [-0.4, -0.2) is 17.5 Å². The van der Waals surface area contributed by atoms with Gasteiger partial charge in [-0.05, 0) is 25.1 Å². The topological polar surface area (TPSA) is 26.0 Å². The quantitative estimate of drug-likeness (QED) is 0.605. The van der Waals surface area contributed by atoms with Crippen molar-refractivity contribution in [2.75, 3.05) is 12.3 Å². The molecule has 0 spiro atoms. The molecule has 0 amide bonds. The van der Waals surface area contributed by atoms with Crippen molar-refractivity contribution in [1.82, 2.24) is 0 Å². The highest BCUT2D eigenvalue weighted by atomic mass is 32.2. The first-order valence-electron chi connectivity index (χ1n) is 4.13. The summed E-state index contributed by atoms with van der Waals surface area (Å²) in [6.07, 6.45) is 3.82. The molecular weight excluding hydrogens is 142 g/mol. The van der Waals surface area contributed by atoms with E-state index in [9.17, 15) is 0 Å². The maximum Gasteiger partial charge on any atom is 0.00307 e. The van der Waals surface area contributed by atoms with E-state index >= 15 is 0 Å². The molecule has 0 saturated heterocycles. The zero-order valence-electron chi connectivity index (χ0n) is 7.10. The van der Waals surface area contributed by atoms with Gasteiger partial charge in [-0.25, -0.2) is 0 Å². The lowest BCUT2D eigenvalue weighted by Crippen LogP contribution is -2.07. The smallest absolute Gasteiger partial charge is 0.00307 e. The average Bonchev–Trinajstić information content (AvgIpc) is 1.89. The molecule has 1 atom stereocenters. The molecule has 0 aliphatic carbocycles. The van der Waals surface area contributed by atoms with Crippen LogP contribution in [-0.2, 0) is 0 Å². The first kappa shape index (κ1) is 10.3. The van der Waals surface area contributed by atoms with Gasteiger partial charge in [0.25, 0.3) is 0 Å². The van der Waals surface area contributed by atoms with E-state index in [1.807, 2.05) is 11.8 Å². The van der Waals surface area contributed by atoms with Gasteiger partial charge < -0.3 is 5.73 Å². The number of rotatable bonds is 6. The lowest BCUT2D eigenvalue weighted by molar-refractivity contribution is 0.817. The summed E-state index contributed by atoms with van der Waals surface area (Å²) in [4.78, 5) is 0. The summed E-state index contributed by atoms with van der Waals surface area (Å²) in [6, 6.07) is 0. The van der Waals surface area contributed by atoms with E-state index in [1.165, 1.54) is 18.6 Å². The summed E-state index contributed by atoms with van der Waals surface area (Å²) >= 11 is 2.05. The molecule has 0 aliphatic heterocycles. The van der Waals surface area contributed by atoms with E-state index in [4.69, 9.17) is 5.73 Å². The summed E-state index contributed by atoms with van der Waals surface area (Å²) in [7, 11) is 0. The van der Waals surface area contributed by atoms with Gasteiger partial charge in [0.15, 0.2) is 0 Å². The fourth-order valence-electron chi connectivity index (χ4n) is 0.747. The predicted octanol–water partition coefficient (Wildman–Crippen LogP) is 2.26. The first-order chi connectivity index (χ1) is 4.81. The van der Waals surface area contributed by atoms with Crippen LogP contribution in [0.2, 0.25) is 0 Å². The third-order valence-electron chi connectivity index (χ3n) is 1.47. The minimum atomic E-state index is 0.761. The number of unbranched alkanes of at least 4 members (excludes halogenated alkanes) is 1. The fraction of sp³-hybridized carbons (Fsp3) is 1.00. The van der Waals surface area contributed by atoms with Crippen LogP contribution in [0.1, 0.15) is 33.1 Å². The van der Waals surface area contributed by atoms with Crippen LogP contribution < -0.4 is 5.73 Å². The Morgan fingerprint density at radius 3 is 2.70 bits per heavy atom. The van der Waals surface area contributed by atoms with Gasteiger partial charge in [-0.3, -0.25) is 0 Å². The van der Waals surface area contributed by atoms with Crippen LogP contribution in [0.25, 0.3) is 0 Å². The highest BCUT2D eigenvalue weighted by Crippen LogP contribution is 2.14. The lowest BCUT2D eigenvalue weighted by atomic mass is 10.3. The van der Waals surface area contributed by atoms with Crippen molar-refractivity contribution in [2.24, 2.45) is 5.73 Å². The van der Waals surface area contributed by atoms with Gasteiger partial charge in [0.05, 0.1) is 0 Å². The Kier molecular flexibility index (Phi) is 7.65. The van der Waals surface area contributed by atoms with Crippen molar-refractivity contribution in [1.29, 1.82) is 0 Å². The van der Waals surface area contributed by atoms with Crippen LogP contribution in [0, 0.1) is 0 Å². The van der Waals surface area contributed by atoms with Crippen molar-refractivity contribution in [3.8, 4) is 0 Å². The van der Waals surface area contributed by atoms with Gasteiger partial charge in [0, 0.05) is 5.25 Å². The maximum atomic E-state index is 5.42. The zero-order chi connectivity index (χ0) is 7.82. The largest absolute Gasteiger partial charge is 0.330 e. The molecule has 0 aromatic heterocycles. The molecule has 0 fully saturated rings. The van der Waals surface area contributed by atoms with E-state index < -0.39 is 0 Å². The molecule has 0 aromatic rings. The van der Waals surface area contributed by atoms with E-state index in [0.29, 0.717) is 0 Å². The molecule has 0 saturated carbocycles. The third kappa shape index (κ3) is 6.43. The van der Waals surface area contributed by atoms with Crippen molar-refractivity contribution < 1.29 is 0 Å². The van der Waals surface area contributed by atoms with Crippen LogP contribution >= 0.6 is 11.8 Å². The SMILES string of the molecule is CCCCS[C@H](C)CCN. The highest BCUT2D eigenvalue weighted by molar-refractivity contribution is 7.99. The minimum Gasteiger partial charge on any atom is -0.330 e. The second-order valence-electron chi connectivity index (χ2n) is 2.61. The van der Waals surface area contributed by atoms with Gasteiger partial charge in [-0.1, -0.05) is 20.3 Å². The van der Waals surface area contributed by atoms with E-state index in [2.05, 4.69) is 13.8 Å². The Hall–Kier alpha value is 0.310. The van der Waals surface area contributed by atoms with Gasteiger partial charge in [0.1, 0.15) is 0 Å². The number of hydrogen-bond acceptors (Lipinski definition) is 2. The summed E-state index contributed by atoms with van der Waals surface area (Å²) in [5, 5.41) is 0.761. The normalized spacial score (nSPS) is 13.5. The Bertz CT molecular complexity index is 66.3. The zero-order valence-corrected chi connectivity index (χ0v) is 7.91. The molecule has 1 nitrogen and oxygen atoms in total. The van der Waals surface area contributed by atoms with Crippen molar-refractivity contribution in [3.63, 3.8) is 0 Å². The summed E-state index contributed by atoms with van der Waals surface area (Å²) in [5.41, 5.74) is 5.42. The van der Waals surface area contributed by atoms with Crippen LogP contribution in [0.4, 0.5) is 0 Å². The maximum absolute atomic E-state index is 5.42. The Labute approximate surface area is 68.8 Å². The Morgan fingerprint density at radius 2 is 2.20 bits per heavy atom. The summed E-state index contributed by atoms with van der Waals surface area (Å²) in [5.74, 6) is 1.30. The highest BCUT2D eigenvalue weighted by Gasteiger charge is 1.98. The van der Waals surface area contributed by atoms with Crippen LogP contribution in [0.5, 0.6) is 0 Å². The molecular formula is C8H19NS. The van der Waals surface area contributed by atoms with Crippen molar-refractivity contribution in [3.05, 3.63) is 0 Å².